The number of oxazole rings is 1. The van der Waals surface area contributed by atoms with E-state index in [1.54, 1.807) is 39.0 Å². The second-order valence-electron chi connectivity index (χ2n) is 4.34. The molecule has 0 saturated heterocycles. The lowest BCUT2D eigenvalue weighted by Crippen LogP contribution is -2.30. The Bertz CT molecular complexity index is 569. The highest BCUT2D eigenvalue weighted by Crippen LogP contribution is 2.22. The summed E-state index contributed by atoms with van der Waals surface area (Å²) in [6, 6.07) is 5.39. The van der Waals surface area contributed by atoms with Gasteiger partial charge in [0, 0.05) is 12.6 Å². The largest absolute Gasteiger partial charge is 0.441 e. The van der Waals surface area contributed by atoms with Gasteiger partial charge in [-0.1, -0.05) is 15.9 Å². The molecule has 2 aromatic rings. The van der Waals surface area contributed by atoms with Crippen LogP contribution < -0.4 is 5.32 Å². The lowest BCUT2D eigenvalue weighted by Gasteiger charge is -2.15. The molecule has 0 fully saturated rings. The van der Waals surface area contributed by atoms with Crippen molar-refractivity contribution in [2.75, 3.05) is 5.32 Å². The summed E-state index contributed by atoms with van der Waals surface area (Å²) in [6.45, 7) is 5.38. The number of carbonyl (C=O) groups excluding carboxylic acids is 1. The number of aryl methyl sites for hydroxylation is 1. The Kier molecular flexibility index (Phi) is 2.95. The van der Waals surface area contributed by atoms with Crippen LogP contribution >= 0.6 is 15.9 Å². The second kappa shape index (κ2) is 4.14. The number of aromatic nitrogens is 1. The molecule has 1 aromatic heterocycles. The SMILES string of the molecule is Cc1nc2cc(NC(=O)C(C)(C)Br)ccc2o1. The standard InChI is InChI=1S/C12H13BrN2O2/c1-7-14-9-6-8(4-5-10(9)17-7)15-11(16)12(2,3)13/h4-6H,1-3H3,(H,15,16). The van der Waals surface area contributed by atoms with E-state index >= 15 is 0 Å². The number of rotatable bonds is 2. The van der Waals surface area contributed by atoms with Crippen LogP contribution in [0.25, 0.3) is 11.1 Å². The van der Waals surface area contributed by atoms with Crippen LogP contribution in [0.15, 0.2) is 22.6 Å². The van der Waals surface area contributed by atoms with Crippen LogP contribution in [-0.2, 0) is 4.79 Å². The minimum atomic E-state index is -0.596. The highest BCUT2D eigenvalue weighted by Gasteiger charge is 2.23. The van der Waals surface area contributed by atoms with Crippen molar-refractivity contribution in [1.82, 2.24) is 4.98 Å². The van der Waals surface area contributed by atoms with Crippen LogP contribution in [0.3, 0.4) is 0 Å². The predicted octanol–water partition coefficient (Wildman–Crippen LogP) is 3.25. The monoisotopic (exact) mass is 296 g/mol. The van der Waals surface area contributed by atoms with Crippen molar-refractivity contribution in [3.8, 4) is 0 Å². The van der Waals surface area contributed by atoms with Gasteiger partial charge in [0.15, 0.2) is 11.5 Å². The minimum absolute atomic E-state index is 0.0999. The van der Waals surface area contributed by atoms with Crippen molar-refractivity contribution in [3.05, 3.63) is 24.1 Å². The van der Waals surface area contributed by atoms with E-state index < -0.39 is 4.32 Å². The third-order valence-electron chi connectivity index (χ3n) is 2.29. The molecule has 4 nitrogen and oxygen atoms in total. The average Bonchev–Trinajstić information content (AvgIpc) is 2.55. The first-order valence-electron chi connectivity index (χ1n) is 5.24. The molecular formula is C12H13BrN2O2. The van der Waals surface area contributed by atoms with Crippen molar-refractivity contribution in [3.63, 3.8) is 0 Å². The lowest BCUT2D eigenvalue weighted by atomic mass is 10.2. The molecule has 0 aliphatic heterocycles. The number of nitrogens with one attached hydrogen (secondary N) is 1. The highest BCUT2D eigenvalue weighted by atomic mass is 79.9. The van der Waals surface area contributed by atoms with Gasteiger partial charge in [0.25, 0.3) is 0 Å². The first kappa shape index (κ1) is 12.1. The maximum atomic E-state index is 11.8. The molecule has 90 valence electrons. The molecule has 1 N–H and O–H groups in total. The zero-order chi connectivity index (χ0) is 12.6. The number of nitrogens with zero attached hydrogens (tertiary/aromatic N) is 1. The van der Waals surface area contributed by atoms with Crippen LogP contribution in [0.5, 0.6) is 0 Å². The Morgan fingerprint density at radius 2 is 2.18 bits per heavy atom. The Hall–Kier alpha value is -1.36. The summed E-state index contributed by atoms with van der Waals surface area (Å²) in [6.07, 6.45) is 0. The number of hydrogen-bond acceptors (Lipinski definition) is 3. The molecule has 0 aliphatic rings. The normalized spacial score (nSPS) is 11.8. The molecule has 0 bridgehead atoms. The number of benzene rings is 1. The van der Waals surface area contributed by atoms with Gasteiger partial charge in [0.05, 0.1) is 4.32 Å². The number of halogens is 1. The van der Waals surface area contributed by atoms with Crippen LogP contribution in [0, 0.1) is 6.92 Å². The Morgan fingerprint density at radius 1 is 1.47 bits per heavy atom. The van der Waals surface area contributed by atoms with Gasteiger partial charge in [-0.05, 0) is 32.0 Å². The van der Waals surface area contributed by atoms with Crippen LogP contribution in [-0.4, -0.2) is 15.2 Å². The molecule has 0 spiro atoms. The first-order chi connectivity index (χ1) is 7.86. The summed E-state index contributed by atoms with van der Waals surface area (Å²) in [7, 11) is 0. The molecule has 1 aromatic carbocycles. The number of fused-ring (bicyclic) bond motifs is 1. The van der Waals surface area contributed by atoms with Gasteiger partial charge in [0.2, 0.25) is 5.91 Å². The van der Waals surface area contributed by atoms with Crippen molar-refractivity contribution in [2.24, 2.45) is 0 Å². The average molecular weight is 297 g/mol. The molecule has 0 unspecified atom stereocenters. The Balaban J connectivity index is 2.28. The van der Waals surface area contributed by atoms with E-state index in [1.807, 2.05) is 0 Å². The lowest BCUT2D eigenvalue weighted by molar-refractivity contribution is -0.117. The minimum Gasteiger partial charge on any atom is -0.441 e. The zero-order valence-electron chi connectivity index (χ0n) is 9.87. The molecule has 1 heterocycles. The fourth-order valence-electron chi connectivity index (χ4n) is 1.40. The van der Waals surface area contributed by atoms with Crippen LogP contribution in [0.1, 0.15) is 19.7 Å². The topological polar surface area (TPSA) is 55.1 Å². The summed E-state index contributed by atoms with van der Waals surface area (Å²) >= 11 is 3.31. The molecule has 0 saturated carbocycles. The number of anilines is 1. The smallest absolute Gasteiger partial charge is 0.240 e. The zero-order valence-corrected chi connectivity index (χ0v) is 11.5. The molecule has 2 rings (SSSR count). The van der Waals surface area contributed by atoms with E-state index in [0.29, 0.717) is 11.6 Å². The van der Waals surface area contributed by atoms with Gasteiger partial charge in [-0.25, -0.2) is 4.98 Å². The first-order valence-corrected chi connectivity index (χ1v) is 6.03. The summed E-state index contributed by atoms with van der Waals surface area (Å²) in [5.74, 6) is 0.515. The number of hydrogen-bond donors (Lipinski definition) is 1. The van der Waals surface area contributed by atoms with E-state index in [4.69, 9.17) is 4.42 Å². The van der Waals surface area contributed by atoms with E-state index in [2.05, 4.69) is 26.2 Å². The highest BCUT2D eigenvalue weighted by molar-refractivity contribution is 9.10. The maximum Gasteiger partial charge on any atom is 0.240 e. The van der Waals surface area contributed by atoms with Crippen molar-refractivity contribution >= 4 is 38.6 Å². The summed E-state index contributed by atoms with van der Waals surface area (Å²) < 4.78 is 4.77. The van der Waals surface area contributed by atoms with Crippen LogP contribution in [0.4, 0.5) is 5.69 Å². The molecule has 0 aliphatic carbocycles. The van der Waals surface area contributed by atoms with Gasteiger partial charge in [-0.2, -0.15) is 0 Å². The Labute approximate surface area is 108 Å². The van der Waals surface area contributed by atoms with E-state index in [9.17, 15) is 4.79 Å². The van der Waals surface area contributed by atoms with Gasteiger partial charge < -0.3 is 9.73 Å². The maximum absolute atomic E-state index is 11.8. The van der Waals surface area contributed by atoms with E-state index in [0.717, 1.165) is 11.1 Å². The summed E-state index contributed by atoms with van der Waals surface area (Å²) in [5.41, 5.74) is 2.18. The van der Waals surface area contributed by atoms with E-state index in [1.165, 1.54) is 0 Å². The fraction of sp³-hybridized carbons (Fsp3) is 0.333. The van der Waals surface area contributed by atoms with Crippen molar-refractivity contribution < 1.29 is 9.21 Å². The third-order valence-corrected chi connectivity index (χ3v) is 2.65. The van der Waals surface area contributed by atoms with Gasteiger partial charge in [-0.3, -0.25) is 4.79 Å². The molecular weight excluding hydrogens is 284 g/mol. The van der Waals surface area contributed by atoms with Gasteiger partial charge in [-0.15, -0.1) is 0 Å². The molecule has 17 heavy (non-hydrogen) atoms. The third kappa shape index (κ3) is 2.66. The van der Waals surface area contributed by atoms with E-state index in [-0.39, 0.29) is 5.91 Å². The van der Waals surface area contributed by atoms with Crippen molar-refractivity contribution in [1.29, 1.82) is 0 Å². The molecule has 1 amide bonds. The molecule has 0 atom stereocenters. The second-order valence-corrected chi connectivity index (χ2v) is 6.32. The molecule has 5 heteroatoms. The van der Waals surface area contributed by atoms with Crippen LogP contribution in [0.2, 0.25) is 0 Å². The van der Waals surface area contributed by atoms with Crippen molar-refractivity contribution in [2.45, 2.75) is 25.1 Å². The Morgan fingerprint density at radius 3 is 2.82 bits per heavy atom. The summed E-state index contributed by atoms with van der Waals surface area (Å²) in [5, 5.41) is 2.82. The molecule has 0 radical (unpaired) electrons. The number of carbonyl (C=O) groups is 1. The number of alkyl halides is 1. The number of amides is 1. The summed E-state index contributed by atoms with van der Waals surface area (Å²) in [4.78, 5) is 16.0. The van der Waals surface area contributed by atoms with Gasteiger partial charge in [0.1, 0.15) is 5.52 Å². The fourth-order valence-corrected chi connectivity index (χ4v) is 1.50. The predicted molar refractivity (Wildman–Crippen MR) is 70.4 cm³/mol. The van der Waals surface area contributed by atoms with Gasteiger partial charge >= 0.3 is 0 Å². The quantitative estimate of drug-likeness (QED) is 0.866.